The summed E-state index contributed by atoms with van der Waals surface area (Å²) in [5.74, 6) is 1.39. The van der Waals surface area contributed by atoms with Crippen LogP contribution in [0.5, 0.6) is 0 Å². The lowest BCUT2D eigenvalue weighted by atomic mass is 9.80. The highest BCUT2D eigenvalue weighted by Gasteiger charge is 2.52. The van der Waals surface area contributed by atoms with Crippen LogP contribution in [0.4, 0.5) is 11.5 Å². The van der Waals surface area contributed by atoms with Crippen molar-refractivity contribution in [1.82, 2.24) is 10.3 Å². The summed E-state index contributed by atoms with van der Waals surface area (Å²) < 4.78 is 12.0. The molecule has 19 heavy (non-hydrogen) atoms. The molecule has 1 saturated heterocycles. The summed E-state index contributed by atoms with van der Waals surface area (Å²) in [7, 11) is -0.404. The van der Waals surface area contributed by atoms with Crippen LogP contribution in [-0.2, 0) is 9.31 Å². The van der Waals surface area contributed by atoms with Gasteiger partial charge in [0.2, 0.25) is 0 Å². The van der Waals surface area contributed by atoms with E-state index < -0.39 is 7.12 Å². The summed E-state index contributed by atoms with van der Waals surface area (Å²) in [5, 5.41) is 4.23. The van der Waals surface area contributed by atoms with Gasteiger partial charge in [0.05, 0.1) is 11.2 Å². The van der Waals surface area contributed by atoms with Crippen molar-refractivity contribution < 1.29 is 9.31 Å². The number of aliphatic imine (C=N–C) groups is 1. The van der Waals surface area contributed by atoms with Crippen molar-refractivity contribution in [2.45, 2.75) is 45.8 Å². The van der Waals surface area contributed by atoms with Crippen LogP contribution < -0.4 is 10.8 Å². The lowest BCUT2D eigenvalue weighted by Gasteiger charge is -2.32. The molecule has 0 aromatic carbocycles. The van der Waals surface area contributed by atoms with Gasteiger partial charge < -0.3 is 9.31 Å². The Morgan fingerprint density at radius 2 is 1.74 bits per heavy atom. The fraction of sp³-hybridized carbons (Fsp3) is 0.538. The van der Waals surface area contributed by atoms with Gasteiger partial charge in [0.1, 0.15) is 11.5 Å². The quantitative estimate of drug-likeness (QED) is 0.720. The number of aromatic nitrogens is 1. The first-order valence-electron chi connectivity index (χ1n) is 6.41. The Morgan fingerprint density at radius 3 is 2.37 bits per heavy atom. The van der Waals surface area contributed by atoms with E-state index in [9.17, 15) is 0 Å². The van der Waals surface area contributed by atoms with Crippen molar-refractivity contribution >= 4 is 29.9 Å². The Hall–Kier alpha value is -1.40. The van der Waals surface area contributed by atoms with Crippen LogP contribution in [0.3, 0.4) is 0 Å². The minimum atomic E-state index is -0.404. The molecular weight excluding hydrogens is 241 g/mol. The van der Waals surface area contributed by atoms with E-state index >= 15 is 0 Å². The smallest absolute Gasteiger partial charge is 0.399 e. The van der Waals surface area contributed by atoms with Crippen LogP contribution in [0.15, 0.2) is 17.3 Å². The van der Waals surface area contributed by atoms with Crippen LogP contribution in [0.1, 0.15) is 34.6 Å². The Morgan fingerprint density at radius 1 is 1.11 bits per heavy atom. The average molecular weight is 258 g/mol. The summed E-state index contributed by atoms with van der Waals surface area (Å²) in [4.78, 5) is 8.64. The second-order valence-corrected chi connectivity index (χ2v) is 5.97. The number of rotatable bonds is 1. The minimum absolute atomic E-state index is 0.347. The van der Waals surface area contributed by atoms with Crippen molar-refractivity contribution in [2.24, 2.45) is 4.99 Å². The predicted molar refractivity (Wildman–Crippen MR) is 74.5 cm³/mol. The summed E-state index contributed by atoms with van der Waals surface area (Å²) in [6, 6.07) is 1.94. The molecule has 0 spiro atoms. The molecule has 0 saturated carbocycles. The molecule has 99 valence electrons. The monoisotopic (exact) mass is 258 g/mol. The van der Waals surface area contributed by atoms with Gasteiger partial charge in [-0.05, 0) is 40.7 Å². The molecule has 1 aromatic heterocycles. The molecule has 0 atom stereocenters. The zero-order valence-corrected chi connectivity index (χ0v) is 11.9. The predicted octanol–water partition coefficient (Wildman–Crippen LogP) is 1.68. The maximum Gasteiger partial charge on any atom is 0.496 e. The van der Waals surface area contributed by atoms with Crippen LogP contribution in [0.2, 0.25) is 0 Å². The van der Waals surface area contributed by atoms with E-state index in [4.69, 9.17) is 9.31 Å². The zero-order chi connectivity index (χ0) is 13.8. The third-order valence-electron chi connectivity index (χ3n) is 3.94. The molecular formula is C13H17BN3O2. The van der Waals surface area contributed by atoms with Gasteiger partial charge in [0.25, 0.3) is 0 Å². The van der Waals surface area contributed by atoms with E-state index in [1.54, 1.807) is 6.20 Å². The summed E-state index contributed by atoms with van der Waals surface area (Å²) in [6.07, 6.45) is 1.75. The highest BCUT2D eigenvalue weighted by atomic mass is 16.7. The average Bonchev–Trinajstić information content (AvgIpc) is 2.74. The number of pyridine rings is 1. The number of hydrogen-bond donors (Lipinski definition) is 0. The molecule has 1 fully saturated rings. The van der Waals surface area contributed by atoms with Gasteiger partial charge in [-0.15, -0.1) is 0 Å². The first-order chi connectivity index (χ1) is 8.78. The molecule has 2 aliphatic heterocycles. The number of fused-ring (bicyclic) bond motifs is 1. The first kappa shape index (κ1) is 12.6. The Balaban J connectivity index is 1.91. The van der Waals surface area contributed by atoms with E-state index in [-0.39, 0.29) is 11.2 Å². The van der Waals surface area contributed by atoms with Crippen molar-refractivity contribution in [3.05, 3.63) is 12.3 Å². The molecule has 0 aliphatic carbocycles. The lowest BCUT2D eigenvalue weighted by Crippen LogP contribution is -2.41. The maximum absolute atomic E-state index is 6.00. The standard InChI is InChI=1S/C13H17BN3O2/c1-8-16-10-6-9(7-15-11(10)17-8)14-18-12(2,3)13(4,5)19-14/h6-7H,1-5H3. The van der Waals surface area contributed by atoms with Crippen LogP contribution >= 0.6 is 0 Å². The molecule has 1 aromatic rings. The topological polar surface area (TPSA) is 57.8 Å². The molecule has 3 heterocycles. The van der Waals surface area contributed by atoms with E-state index in [0.717, 1.165) is 17.0 Å². The van der Waals surface area contributed by atoms with Gasteiger partial charge in [-0.1, -0.05) is 0 Å². The zero-order valence-electron chi connectivity index (χ0n) is 11.9. The fourth-order valence-corrected chi connectivity index (χ4v) is 2.09. The molecule has 1 radical (unpaired) electrons. The molecule has 6 heteroatoms. The lowest BCUT2D eigenvalue weighted by molar-refractivity contribution is 0.00578. The number of nitrogens with zero attached hydrogens (tertiary/aromatic N) is 3. The van der Waals surface area contributed by atoms with Gasteiger partial charge >= 0.3 is 7.12 Å². The van der Waals surface area contributed by atoms with Crippen molar-refractivity contribution in [2.75, 3.05) is 0 Å². The Kier molecular flexibility index (Phi) is 2.53. The third kappa shape index (κ3) is 1.95. The third-order valence-corrected chi connectivity index (χ3v) is 3.94. The van der Waals surface area contributed by atoms with Crippen LogP contribution in [0.25, 0.3) is 0 Å². The maximum atomic E-state index is 6.00. The highest BCUT2D eigenvalue weighted by molar-refractivity contribution is 6.62. The second kappa shape index (κ2) is 3.80. The van der Waals surface area contributed by atoms with E-state index in [0.29, 0.717) is 5.82 Å². The molecule has 0 bridgehead atoms. The summed E-state index contributed by atoms with van der Waals surface area (Å²) in [5.41, 5.74) is 0.969. The number of hydrogen-bond acceptors (Lipinski definition) is 4. The largest absolute Gasteiger partial charge is 0.496 e. The van der Waals surface area contributed by atoms with E-state index in [1.165, 1.54) is 0 Å². The van der Waals surface area contributed by atoms with Crippen molar-refractivity contribution in [3.63, 3.8) is 0 Å². The van der Waals surface area contributed by atoms with Gasteiger partial charge in [-0.3, -0.25) is 0 Å². The fourth-order valence-electron chi connectivity index (χ4n) is 2.09. The molecule has 5 nitrogen and oxygen atoms in total. The Bertz CT molecular complexity index is 553. The minimum Gasteiger partial charge on any atom is -0.399 e. The number of amidine groups is 1. The first-order valence-corrected chi connectivity index (χ1v) is 6.41. The molecule has 3 rings (SSSR count). The normalized spacial score (nSPS) is 23.0. The van der Waals surface area contributed by atoms with E-state index in [1.807, 2.05) is 40.7 Å². The molecule has 0 N–H and O–H groups in total. The molecule has 2 aliphatic rings. The van der Waals surface area contributed by atoms with E-state index in [2.05, 4.69) is 15.3 Å². The molecule has 0 unspecified atom stereocenters. The van der Waals surface area contributed by atoms with Crippen molar-refractivity contribution in [1.29, 1.82) is 0 Å². The highest BCUT2D eigenvalue weighted by Crippen LogP contribution is 2.37. The summed E-state index contributed by atoms with van der Waals surface area (Å²) in [6.45, 7) is 9.99. The van der Waals surface area contributed by atoms with Crippen molar-refractivity contribution in [3.8, 4) is 0 Å². The van der Waals surface area contributed by atoms with Gasteiger partial charge in [0, 0.05) is 11.7 Å². The van der Waals surface area contributed by atoms with Gasteiger partial charge in [0.15, 0.2) is 5.82 Å². The van der Waals surface area contributed by atoms with Gasteiger partial charge in [-0.25, -0.2) is 15.3 Å². The second-order valence-electron chi connectivity index (χ2n) is 5.97. The SMILES string of the molecule is CC1=Nc2cc(B3OC(C)(C)C(C)(C)O3)cnc2[N]1. The van der Waals surface area contributed by atoms with Crippen LogP contribution in [0, 0.1) is 0 Å². The van der Waals surface area contributed by atoms with Gasteiger partial charge in [-0.2, -0.15) is 0 Å². The summed E-state index contributed by atoms with van der Waals surface area (Å²) >= 11 is 0. The molecule has 0 amide bonds. The van der Waals surface area contributed by atoms with Crippen LogP contribution in [-0.4, -0.2) is 29.1 Å². The Labute approximate surface area is 113 Å².